The summed E-state index contributed by atoms with van der Waals surface area (Å²) in [5.41, 5.74) is 0. The molecule has 0 aromatic heterocycles. The molecule has 0 aliphatic carbocycles. The fourth-order valence-electron chi connectivity index (χ4n) is 0.618. The van der Waals surface area contributed by atoms with Crippen LogP contribution in [0.4, 0.5) is 0 Å². The van der Waals surface area contributed by atoms with Gasteiger partial charge in [-0.25, -0.2) is 0 Å². The van der Waals surface area contributed by atoms with Crippen LogP contribution >= 0.6 is 0 Å². The van der Waals surface area contributed by atoms with E-state index in [1.54, 1.807) is 0 Å². The van der Waals surface area contributed by atoms with Gasteiger partial charge in [0.25, 0.3) is 0 Å². The van der Waals surface area contributed by atoms with Crippen LogP contribution in [0.25, 0.3) is 0 Å². The second-order valence-electron chi connectivity index (χ2n) is 2.36. The summed E-state index contributed by atoms with van der Waals surface area (Å²) in [6.07, 6.45) is -6.84. The first-order valence-corrected chi connectivity index (χ1v) is 3.33. The molecule has 0 bridgehead atoms. The number of hydrogen-bond donors (Lipinski definition) is 5. The summed E-state index contributed by atoms with van der Waals surface area (Å²) in [5, 5.41) is 43.5. The van der Waals surface area contributed by atoms with Crippen molar-refractivity contribution < 1.29 is 30.3 Å². The van der Waals surface area contributed by atoms with Crippen molar-refractivity contribution in [1.29, 1.82) is 0 Å². The summed E-state index contributed by atoms with van der Waals surface area (Å²) in [4.78, 5) is 9.90. The van der Waals surface area contributed by atoms with E-state index >= 15 is 0 Å². The summed E-state index contributed by atoms with van der Waals surface area (Å²) in [6.45, 7) is -0.760. The van der Waals surface area contributed by atoms with E-state index in [4.69, 9.17) is 25.5 Å². The number of hydrogen-bond acceptors (Lipinski definition) is 6. The molecule has 74 valence electrons. The third-order valence-electron chi connectivity index (χ3n) is 1.42. The standard InChI is InChI=1S/C6H12O6.K.Na/c7-1-3(9)5(11)6(12)4(10)2-8;;/h1,3-6,8-12H,2H2;;/t3-,4+,5+,6+;;/m0../s1. The van der Waals surface area contributed by atoms with E-state index in [0.717, 1.165) is 0 Å². The van der Waals surface area contributed by atoms with Crippen molar-refractivity contribution in [2.75, 3.05) is 6.61 Å². The van der Waals surface area contributed by atoms with Gasteiger partial charge in [-0.2, -0.15) is 0 Å². The average molecular weight is 242 g/mol. The molecule has 6 nitrogen and oxygen atoms in total. The number of carbonyl (C=O) groups is 1. The van der Waals surface area contributed by atoms with Gasteiger partial charge in [0.05, 0.1) is 6.61 Å². The van der Waals surface area contributed by atoms with Crippen LogP contribution in [0.2, 0.25) is 0 Å². The quantitative estimate of drug-likeness (QED) is 0.247. The molecule has 0 spiro atoms. The van der Waals surface area contributed by atoms with Gasteiger partial charge in [-0.15, -0.1) is 0 Å². The largest absolute Gasteiger partial charge is 0.394 e. The molecule has 0 aromatic carbocycles. The van der Waals surface area contributed by atoms with Crippen molar-refractivity contribution in [1.82, 2.24) is 0 Å². The molecule has 5 N–H and O–H groups in total. The summed E-state index contributed by atoms with van der Waals surface area (Å²) in [7, 11) is 0. The molecule has 0 amide bonds. The van der Waals surface area contributed by atoms with Crippen molar-refractivity contribution in [3.63, 3.8) is 0 Å². The van der Waals surface area contributed by atoms with E-state index in [1.807, 2.05) is 0 Å². The van der Waals surface area contributed by atoms with Crippen LogP contribution in [0.15, 0.2) is 0 Å². The van der Waals surface area contributed by atoms with Gasteiger partial charge < -0.3 is 30.3 Å². The summed E-state index contributed by atoms with van der Waals surface area (Å²) in [6, 6.07) is 0. The Hall–Kier alpha value is 2.11. The number of carbonyl (C=O) groups excluding carboxylic acids is 1. The normalized spacial score (nSPS) is 18.1. The Kier molecular flexibility index (Phi) is 17.7. The molecule has 14 heavy (non-hydrogen) atoms. The third kappa shape index (κ3) is 7.39. The van der Waals surface area contributed by atoms with Crippen molar-refractivity contribution in [3.8, 4) is 0 Å². The van der Waals surface area contributed by atoms with Gasteiger partial charge >= 0.3 is 0 Å². The molecule has 2 radical (unpaired) electrons. The zero-order chi connectivity index (χ0) is 9.72. The zero-order valence-corrected chi connectivity index (χ0v) is 13.4. The molecule has 0 saturated carbocycles. The summed E-state index contributed by atoms with van der Waals surface area (Å²) < 4.78 is 0. The van der Waals surface area contributed by atoms with E-state index in [0.29, 0.717) is 0 Å². The van der Waals surface area contributed by atoms with Crippen LogP contribution in [-0.2, 0) is 4.79 Å². The minimum absolute atomic E-state index is 0. The second kappa shape index (κ2) is 11.6. The van der Waals surface area contributed by atoms with E-state index in [-0.39, 0.29) is 87.2 Å². The van der Waals surface area contributed by atoms with Gasteiger partial charge in [0.15, 0.2) is 6.29 Å². The first kappa shape index (κ1) is 21.4. The predicted octanol–water partition coefficient (Wildman–Crippen LogP) is -4.14. The third-order valence-corrected chi connectivity index (χ3v) is 1.42. The van der Waals surface area contributed by atoms with E-state index in [1.165, 1.54) is 0 Å². The molecule has 8 heteroatoms. The maximum atomic E-state index is 9.90. The maximum Gasteiger partial charge on any atom is 0.151 e. The van der Waals surface area contributed by atoms with Crippen LogP contribution in [0.1, 0.15) is 0 Å². The van der Waals surface area contributed by atoms with Crippen LogP contribution in [0.3, 0.4) is 0 Å². The molecule has 0 aromatic rings. The minimum Gasteiger partial charge on any atom is -0.394 e. The Morgan fingerprint density at radius 1 is 1.07 bits per heavy atom. The van der Waals surface area contributed by atoms with Gasteiger partial charge in [-0.05, 0) is 0 Å². The first-order valence-electron chi connectivity index (χ1n) is 3.33. The number of rotatable bonds is 5. The van der Waals surface area contributed by atoms with Gasteiger partial charge in [0.2, 0.25) is 0 Å². The van der Waals surface area contributed by atoms with Crippen molar-refractivity contribution in [2.45, 2.75) is 24.4 Å². The first-order chi connectivity index (χ1) is 5.54. The van der Waals surface area contributed by atoms with Gasteiger partial charge in [0, 0.05) is 80.9 Å². The second-order valence-corrected chi connectivity index (χ2v) is 2.36. The number of aliphatic hydroxyl groups excluding tert-OH is 5. The Labute approximate surface area is 146 Å². The number of aldehydes is 1. The van der Waals surface area contributed by atoms with Gasteiger partial charge in [-0.1, -0.05) is 0 Å². The fourth-order valence-corrected chi connectivity index (χ4v) is 0.618. The minimum atomic E-state index is -1.79. The number of aliphatic hydroxyl groups is 5. The van der Waals surface area contributed by atoms with E-state index < -0.39 is 31.0 Å². The smallest absolute Gasteiger partial charge is 0.151 e. The van der Waals surface area contributed by atoms with Crippen LogP contribution < -0.4 is 0 Å². The summed E-state index contributed by atoms with van der Waals surface area (Å²) >= 11 is 0. The molecule has 0 saturated heterocycles. The van der Waals surface area contributed by atoms with Crippen LogP contribution in [-0.4, -0.2) is 144 Å². The molecule has 0 aliphatic heterocycles. The van der Waals surface area contributed by atoms with Crippen LogP contribution in [0, 0.1) is 0 Å². The topological polar surface area (TPSA) is 118 Å². The molecule has 4 atom stereocenters. The van der Waals surface area contributed by atoms with Crippen LogP contribution in [0.5, 0.6) is 0 Å². The maximum absolute atomic E-state index is 9.90. The summed E-state index contributed by atoms with van der Waals surface area (Å²) in [5.74, 6) is 0. The predicted molar refractivity (Wildman–Crippen MR) is 48.7 cm³/mol. The van der Waals surface area contributed by atoms with E-state index in [2.05, 4.69) is 0 Å². The van der Waals surface area contributed by atoms with Crippen molar-refractivity contribution in [2.24, 2.45) is 0 Å². The van der Waals surface area contributed by atoms with E-state index in [9.17, 15) is 4.79 Å². The Morgan fingerprint density at radius 2 is 1.50 bits per heavy atom. The average Bonchev–Trinajstić information content (AvgIpc) is 2.12. The Morgan fingerprint density at radius 3 is 1.79 bits per heavy atom. The Bertz CT molecular complexity index is 148. The SMILES string of the molecule is O=C[C@H](O)[C@@H](O)[C@H](O)[C@H](O)CO.[K].[Na]. The van der Waals surface area contributed by atoms with Gasteiger partial charge in [0.1, 0.15) is 24.4 Å². The molecule has 0 unspecified atom stereocenters. The zero-order valence-electron chi connectivity index (χ0n) is 8.24. The Balaban J connectivity index is -0.000000605. The molecular formula is C6H12KNaO6. The molecular weight excluding hydrogens is 230 g/mol. The van der Waals surface area contributed by atoms with Crippen molar-refractivity contribution in [3.05, 3.63) is 0 Å². The monoisotopic (exact) mass is 242 g/mol. The molecule has 0 fully saturated rings. The molecule has 0 aliphatic rings. The van der Waals surface area contributed by atoms with Gasteiger partial charge in [-0.3, -0.25) is 0 Å². The molecule has 0 rings (SSSR count). The molecule has 0 heterocycles. The fraction of sp³-hybridized carbons (Fsp3) is 0.833. The van der Waals surface area contributed by atoms with Crippen molar-refractivity contribution >= 4 is 87.2 Å².